The third-order valence-electron chi connectivity index (χ3n) is 22.7. The number of aryl methyl sites for hydroxylation is 5. The number of hydrogen-bond donors (Lipinski definition) is 6. The van der Waals surface area contributed by atoms with Crippen molar-refractivity contribution in [3.05, 3.63) is 372 Å². The Hall–Kier alpha value is -13.0. The van der Waals surface area contributed by atoms with Crippen LogP contribution in [0.4, 0.5) is 51.2 Å². The molecule has 0 radical (unpaired) electrons. The fraction of sp³-hybridized carbons (Fsp3) is 0.267. The van der Waals surface area contributed by atoms with Gasteiger partial charge in [0.05, 0.1) is 52.0 Å². The van der Waals surface area contributed by atoms with E-state index in [-0.39, 0.29) is 73.9 Å². The number of aromatic amines is 2. The number of H-pyrrole nitrogens is 2. The number of rotatable bonds is 15. The summed E-state index contributed by atoms with van der Waals surface area (Å²) in [5.74, 6) is -0.0119. The minimum Gasteiger partial charge on any atom is -0.384 e. The number of carbonyl (C=O) groups is 1. The summed E-state index contributed by atoms with van der Waals surface area (Å²) in [7, 11) is -8.89. The molecule has 137 heavy (non-hydrogen) atoms. The number of carbonyl (C=O) groups excluding carboxylic acids is 1. The number of benzene rings is 12. The Morgan fingerprint density at radius 1 is 0.380 bits per heavy atom. The number of nitrogens with one attached hydrogen (secondary N) is 5. The van der Waals surface area contributed by atoms with Gasteiger partial charge in [0.25, 0.3) is 50.5 Å². The first-order valence-corrected chi connectivity index (χ1v) is 50.8. The summed E-state index contributed by atoms with van der Waals surface area (Å²) in [6.45, 7) is 16.4. The van der Waals surface area contributed by atoms with E-state index >= 15 is 0 Å². The first-order valence-electron chi connectivity index (χ1n) is 43.2. The number of halogens is 1. The molecular formula is C105H126ClMnN11O15S4. The number of nitro groups is 2. The number of hydrogen-bond acceptors (Lipinski definition) is 19. The number of para-hydroxylation sites is 2. The predicted molar refractivity (Wildman–Crippen MR) is 555 cm³/mol. The quantitative estimate of drug-likeness (QED) is 0.0139. The van der Waals surface area contributed by atoms with Crippen LogP contribution >= 0.6 is 10.7 Å². The van der Waals surface area contributed by atoms with Crippen molar-refractivity contribution in [1.29, 1.82) is 0 Å². The van der Waals surface area contributed by atoms with Crippen LogP contribution in [0.1, 0.15) is 150 Å². The molecule has 0 fully saturated rings. The Morgan fingerprint density at radius 2 is 0.737 bits per heavy atom. The normalized spacial score (nSPS) is 12.6. The number of nitro benzene ring substituents is 2. The second-order valence-corrected chi connectivity index (χ2v) is 39.3. The minimum atomic E-state index is -3.54. The van der Waals surface area contributed by atoms with Crippen LogP contribution in [0.5, 0.6) is 0 Å². The van der Waals surface area contributed by atoms with Gasteiger partial charge in [0, 0.05) is 125 Å². The second-order valence-electron chi connectivity index (χ2n) is 31.0. The molecule has 32 heteroatoms. The summed E-state index contributed by atoms with van der Waals surface area (Å²) < 4.78 is 118. The molecule has 0 atom stereocenters. The zero-order valence-electron chi connectivity index (χ0n) is 74.0. The maximum atomic E-state index is 12.7. The number of nitrogens with zero attached hydrogens (tertiary/aromatic N) is 5. The molecule has 7 N–H and O–H groups in total. The predicted octanol–water partition coefficient (Wildman–Crippen LogP) is 23.6. The summed E-state index contributed by atoms with van der Waals surface area (Å²) in [6, 6.07) is 82.7. The molecule has 0 bridgehead atoms. The number of aromatic nitrogens is 2. The molecular weight excluding hydrogens is 1870 g/mol. The third kappa shape index (κ3) is 29.0. The van der Waals surface area contributed by atoms with Crippen LogP contribution in [0, 0.1) is 20.2 Å². The van der Waals surface area contributed by atoms with E-state index in [4.69, 9.17) is 24.1 Å². The Balaban J connectivity index is 0.000000237. The van der Waals surface area contributed by atoms with Crippen molar-refractivity contribution in [2.75, 3.05) is 73.9 Å². The van der Waals surface area contributed by atoms with Gasteiger partial charge in [-0.3, -0.25) is 37.9 Å². The fourth-order valence-electron chi connectivity index (χ4n) is 15.8. The van der Waals surface area contributed by atoms with Gasteiger partial charge in [-0.05, 0) is 260 Å². The second kappa shape index (κ2) is 52.9. The summed E-state index contributed by atoms with van der Waals surface area (Å²) in [5, 5.41) is 33.5. The van der Waals surface area contributed by atoms with Gasteiger partial charge < -0.3 is 31.7 Å². The Labute approximate surface area is 818 Å². The van der Waals surface area contributed by atoms with Crippen molar-refractivity contribution in [3.63, 3.8) is 0 Å². The third-order valence-corrected chi connectivity index (χ3v) is 29.6. The topological polar surface area (TPSA) is 377 Å². The van der Waals surface area contributed by atoms with Crippen LogP contribution < -0.4 is 34.6 Å². The molecule has 20 rings (SSSR count). The van der Waals surface area contributed by atoms with Crippen molar-refractivity contribution < 1.29 is 70.8 Å². The van der Waals surface area contributed by atoms with Gasteiger partial charge in [0.1, 0.15) is 0 Å². The van der Waals surface area contributed by atoms with Gasteiger partial charge in [0.15, 0.2) is 5.78 Å². The van der Waals surface area contributed by atoms with E-state index in [1.807, 2.05) is 92.8 Å². The number of Topliss-reactive ketones (excluding diaryl/α,β-unsaturated/α-hetero) is 1. The molecule has 12 aromatic carbocycles. The van der Waals surface area contributed by atoms with Crippen LogP contribution in [0.3, 0.4) is 0 Å². The molecule has 26 nitrogen and oxygen atoms in total. The van der Waals surface area contributed by atoms with E-state index in [1.165, 1.54) is 95.0 Å². The molecule has 729 valence electrons. The van der Waals surface area contributed by atoms with Crippen molar-refractivity contribution in [3.8, 4) is 0 Å². The van der Waals surface area contributed by atoms with Gasteiger partial charge in [-0.15, -0.1) is 0 Å². The number of anilines is 7. The van der Waals surface area contributed by atoms with Crippen LogP contribution in [-0.4, -0.2) is 98.5 Å². The standard InChI is InChI=1S/C16H15NO3S.C16H17NO2S.C14H13NO2S.C10H12N2O2.C10H10N2O2.C10H12N2.C10H13N.C8H9N.C6H5ClO2S.5CH4.Mn.2O/c1-12(18)13-7-8-16-14(11-13)9-10-17(16)21(19,20)15-5-3-2-4-6-15;1-2-13-8-9-16-14(12-13)10-11-17(16)20(18,19)15-6-4-3-5-7-15;16-18(17,13-7-2-1-3-8-13)15-11-10-12-6-4-5-9-14(12)15;2*1-2-7-5-8-3-4-11-9(8)6-10(7)12(13)14;1-2-7-5-8-3-4-12-10(8)6-9(7)11;1-2-8-3-4-10-9(7-8)5-6-11-10;1-2-4-8-7(3-1)5-6-9-8;7-10(8,9)6-4-2-1-3-5-6;;;;;;;;/h2-8,11H,9-10H2,1H3;3-9,12H,2,10-11H2,1H3;1-9H,10-11H2;5-6,11H,2-4H2,1H3;3-6,11H,2H2,1H3;3-6,12H,2,11H2,1H3;3-4,7,11H,2,5-6H2,1H3;1-4,9H,5-6H2;1-5H;5*1H4;;;. The van der Waals surface area contributed by atoms with Crippen LogP contribution in [0.2, 0.25) is 0 Å². The van der Waals surface area contributed by atoms with Gasteiger partial charge >= 0.3 is 22.5 Å². The van der Waals surface area contributed by atoms with E-state index in [0.29, 0.717) is 59.9 Å². The average molecular weight is 2000 g/mol. The Kier molecular flexibility index (Phi) is 43.5. The number of sulfonamides is 3. The van der Waals surface area contributed by atoms with Crippen LogP contribution in [0.25, 0.3) is 21.8 Å². The molecule has 6 aliphatic heterocycles. The van der Waals surface area contributed by atoms with E-state index < -0.39 is 53.9 Å². The number of fused-ring (bicyclic) bond motifs is 8. The molecule has 0 amide bonds. The smallest absolute Gasteiger partial charge is 0.0373 e. The number of ketones is 1. The van der Waals surface area contributed by atoms with E-state index in [9.17, 15) is 58.7 Å². The van der Waals surface area contributed by atoms with E-state index in [0.717, 1.165) is 125 Å². The SMILES string of the molecule is C.C.C.C.C.CC(=O)c1ccc2c(c1)CCN2S(=O)(=O)c1ccccc1.CCc1cc2c(cc1[N+](=O)[O-])NCC2.CCc1cc2cc[nH]c2cc1N.CCc1cc2cc[nH]c2cc1[N+](=O)[O-].CCc1ccc2c(c1)CCN2.CCc1ccc2c(c1)CCN2S(=O)(=O)c1ccccc1.O=S(=O)(Cl)c1ccccc1.O=S(=O)(c1ccccc1)N1CCc2ccccc21.[O]=[Mn]=[O].c1ccc2c(c1)CCN2. The van der Waals surface area contributed by atoms with Crippen molar-refractivity contribution in [2.24, 2.45) is 0 Å². The minimum absolute atomic E-state index is 0. The average Bonchev–Trinajstić information content (AvgIpc) is 1.63. The van der Waals surface area contributed by atoms with E-state index in [1.54, 1.807) is 134 Å². The van der Waals surface area contributed by atoms with Gasteiger partial charge in [-0.25, -0.2) is 33.7 Å². The molecule has 0 spiro atoms. The van der Waals surface area contributed by atoms with Gasteiger partial charge in [-0.1, -0.05) is 205 Å². The van der Waals surface area contributed by atoms with Crippen molar-refractivity contribution in [1.82, 2.24) is 9.97 Å². The Bertz CT molecular complexity index is 6880. The zero-order valence-corrected chi connectivity index (χ0v) is 79.2. The number of nitrogen functional groups attached to an aromatic ring is 1. The van der Waals surface area contributed by atoms with Crippen LogP contribution in [0.15, 0.2) is 305 Å². The number of nitrogens with two attached hydrogens (primary N) is 1. The molecule has 0 saturated carbocycles. The first-order chi connectivity index (χ1) is 63.4. The van der Waals surface area contributed by atoms with Gasteiger partial charge in [0.2, 0.25) is 0 Å². The maximum absolute atomic E-state index is 12.7. The molecule has 0 unspecified atom stereocenters. The molecule has 14 aromatic rings. The molecule has 0 aliphatic carbocycles. The van der Waals surface area contributed by atoms with Crippen LogP contribution in [-0.2, 0) is 132 Å². The fourth-order valence-corrected chi connectivity index (χ4v) is 21.1. The first kappa shape index (κ1) is 113. The monoisotopic (exact) mass is 2000 g/mol. The summed E-state index contributed by atoms with van der Waals surface area (Å²) >= 11 is -1.44. The summed E-state index contributed by atoms with van der Waals surface area (Å²) in [4.78, 5) is 39.5. The largest absolute Gasteiger partial charge is 0.384 e. The van der Waals surface area contributed by atoms with E-state index in [2.05, 4.69) is 107 Å². The zero-order chi connectivity index (χ0) is 94.7. The summed E-state index contributed by atoms with van der Waals surface area (Å²) in [5.41, 5.74) is 28.4. The Morgan fingerprint density at radius 3 is 1.18 bits per heavy atom. The molecule has 8 heterocycles. The maximum Gasteiger partial charge on any atom is 0.0373 e. The van der Waals surface area contributed by atoms with Crippen molar-refractivity contribution in [2.45, 2.75) is 169 Å². The van der Waals surface area contributed by atoms with Crippen molar-refractivity contribution >= 4 is 129 Å². The van der Waals surface area contributed by atoms with Gasteiger partial charge in [-0.2, -0.15) is 0 Å². The summed E-state index contributed by atoms with van der Waals surface area (Å²) in [6.07, 6.45) is 13.8. The molecule has 6 aliphatic rings. The molecule has 0 saturated heterocycles. The molecule has 2 aromatic heterocycles.